The second-order valence-corrected chi connectivity index (χ2v) is 13.7. The molecule has 8 aromatic carbocycles. The molecule has 0 spiro atoms. The molecule has 0 atom stereocenters. The molecule has 0 radical (unpaired) electrons. The first-order chi connectivity index (χ1) is 26.8. The van der Waals surface area contributed by atoms with E-state index in [1.807, 2.05) is 18.2 Å². The molecule has 0 saturated heterocycles. The van der Waals surface area contributed by atoms with Crippen LogP contribution in [0.4, 0.5) is 0 Å². The summed E-state index contributed by atoms with van der Waals surface area (Å²) in [6.07, 6.45) is 0. The summed E-state index contributed by atoms with van der Waals surface area (Å²) in [6.45, 7) is 0. The predicted octanol–water partition coefficient (Wildman–Crippen LogP) is 13.3. The van der Waals surface area contributed by atoms with E-state index in [0.29, 0.717) is 5.82 Å². The van der Waals surface area contributed by atoms with Crippen LogP contribution in [0.25, 0.3) is 105 Å². The zero-order chi connectivity index (χ0) is 35.6. The minimum absolute atomic E-state index is 0.657. The zero-order valence-corrected chi connectivity index (χ0v) is 29.1. The van der Waals surface area contributed by atoms with Gasteiger partial charge in [-0.2, -0.15) is 0 Å². The van der Waals surface area contributed by atoms with E-state index in [4.69, 9.17) is 14.4 Å². The van der Waals surface area contributed by atoms with E-state index in [0.717, 1.165) is 77.5 Å². The lowest BCUT2D eigenvalue weighted by atomic mass is 9.97. The minimum Gasteiger partial charge on any atom is -0.455 e. The number of para-hydroxylation sites is 2. The number of aromatic nitrogens is 3. The van der Waals surface area contributed by atoms with Crippen molar-refractivity contribution in [2.75, 3.05) is 0 Å². The Labute approximate surface area is 311 Å². The maximum Gasteiger partial charge on any atom is 0.161 e. The highest BCUT2D eigenvalue weighted by molar-refractivity contribution is 6.23. The van der Waals surface area contributed by atoms with Crippen molar-refractivity contribution in [3.8, 4) is 50.7 Å². The molecule has 0 N–H and O–H groups in total. The van der Waals surface area contributed by atoms with Crippen LogP contribution in [0.5, 0.6) is 0 Å². The largest absolute Gasteiger partial charge is 0.455 e. The van der Waals surface area contributed by atoms with Gasteiger partial charge in [-0.15, -0.1) is 0 Å². The summed E-state index contributed by atoms with van der Waals surface area (Å²) in [5.74, 6) is 0.657. The lowest BCUT2D eigenvalue weighted by Gasteiger charge is -2.15. The molecule has 3 heterocycles. The van der Waals surface area contributed by atoms with Crippen molar-refractivity contribution < 1.29 is 4.42 Å². The Morgan fingerprint density at radius 2 is 1.02 bits per heavy atom. The normalized spacial score (nSPS) is 11.7. The SMILES string of the molecule is c1ccc(-c2ccc3c(c2)c2ccccc2n3-c2cccc3cc(-c4nc(-c5ccccc5)cc(-c5ccccc5)n4)c4c5ccccc5oc4c23)cc1. The third kappa shape index (κ3) is 4.78. The van der Waals surface area contributed by atoms with Gasteiger partial charge in [0.2, 0.25) is 0 Å². The van der Waals surface area contributed by atoms with Gasteiger partial charge >= 0.3 is 0 Å². The van der Waals surface area contributed by atoms with Crippen LogP contribution < -0.4 is 0 Å². The monoisotopic (exact) mass is 689 g/mol. The molecule has 4 nitrogen and oxygen atoms in total. The fraction of sp³-hybridized carbons (Fsp3) is 0. The number of fused-ring (bicyclic) bond motifs is 8. The molecule has 0 aliphatic carbocycles. The highest BCUT2D eigenvalue weighted by atomic mass is 16.3. The van der Waals surface area contributed by atoms with Crippen LogP contribution in [0.15, 0.2) is 192 Å². The van der Waals surface area contributed by atoms with Crippen LogP contribution in [0.3, 0.4) is 0 Å². The van der Waals surface area contributed by atoms with Gasteiger partial charge < -0.3 is 8.98 Å². The number of nitrogens with zero attached hydrogens (tertiary/aromatic N) is 3. The first-order valence-corrected chi connectivity index (χ1v) is 18.2. The van der Waals surface area contributed by atoms with Gasteiger partial charge in [-0.3, -0.25) is 0 Å². The number of hydrogen-bond donors (Lipinski definition) is 0. The van der Waals surface area contributed by atoms with Gasteiger partial charge in [0.25, 0.3) is 0 Å². The van der Waals surface area contributed by atoms with E-state index in [1.54, 1.807) is 0 Å². The Morgan fingerprint density at radius 1 is 0.407 bits per heavy atom. The van der Waals surface area contributed by atoms with Crippen molar-refractivity contribution in [3.63, 3.8) is 0 Å². The maximum absolute atomic E-state index is 6.93. The van der Waals surface area contributed by atoms with Gasteiger partial charge in [-0.1, -0.05) is 146 Å². The van der Waals surface area contributed by atoms with Gasteiger partial charge in [0.1, 0.15) is 11.2 Å². The molecule has 0 fully saturated rings. The Bertz CT molecular complexity index is 3140. The summed E-state index contributed by atoms with van der Waals surface area (Å²) in [6, 6.07) is 66.0. The molecule has 0 aliphatic rings. The van der Waals surface area contributed by atoms with Crippen LogP contribution >= 0.6 is 0 Å². The Balaban J connectivity index is 1.22. The van der Waals surface area contributed by atoms with Crippen LogP contribution in [-0.2, 0) is 0 Å². The van der Waals surface area contributed by atoms with Crippen LogP contribution in [-0.4, -0.2) is 14.5 Å². The molecule has 4 heteroatoms. The van der Waals surface area contributed by atoms with E-state index in [-0.39, 0.29) is 0 Å². The lowest BCUT2D eigenvalue weighted by Crippen LogP contribution is -1.98. The third-order valence-electron chi connectivity index (χ3n) is 10.6. The van der Waals surface area contributed by atoms with Crippen molar-refractivity contribution in [2.45, 2.75) is 0 Å². The fourth-order valence-electron chi connectivity index (χ4n) is 8.13. The minimum atomic E-state index is 0.657. The Kier molecular flexibility index (Phi) is 6.82. The Morgan fingerprint density at radius 3 is 1.74 bits per heavy atom. The van der Waals surface area contributed by atoms with Crippen LogP contribution in [0, 0.1) is 0 Å². The molecule has 54 heavy (non-hydrogen) atoms. The zero-order valence-electron chi connectivity index (χ0n) is 29.1. The molecular weight excluding hydrogens is 659 g/mol. The van der Waals surface area contributed by atoms with E-state index in [1.165, 1.54) is 21.9 Å². The van der Waals surface area contributed by atoms with Crippen molar-refractivity contribution in [1.29, 1.82) is 0 Å². The number of furan rings is 1. The molecule has 0 bridgehead atoms. The maximum atomic E-state index is 6.93. The molecule has 11 aromatic rings. The van der Waals surface area contributed by atoms with Crippen molar-refractivity contribution in [1.82, 2.24) is 14.5 Å². The van der Waals surface area contributed by atoms with Gasteiger partial charge in [-0.25, -0.2) is 9.97 Å². The number of rotatable bonds is 5. The lowest BCUT2D eigenvalue weighted by molar-refractivity contribution is 0.672. The van der Waals surface area contributed by atoms with Gasteiger partial charge in [0.15, 0.2) is 5.82 Å². The predicted molar refractivity (Wildman–Crippen MR) is 223 cm³/mol. The summed E-state index contributed by atoms with van der Waals surface area (Å²) >= 11 is 0. The first kappa shape index (κ1) is 30.3. The second-order valence-electron chi connectivity index (χ2n) is 13.7. The first-order valence-electron chi connectivity index (χ1n) is 18.2. The van der Waals surface area contributed by atoms with Crippen molar-refractivity contribution in [2.24, 2.45) is 0 Å². The molecule has 3 aromatic heterocycles. The highest BCUT2D eigenvalue weighted by Crippen LogP contribution is 2.45. The summed E-state index contributed by atoms with van der Waals surface area (Å²) in [4.78, 5) is 10.5. The Hall–Kier alpha value is -7.30. The molecule has 0 amide bonds. The third-order valence-corrected chi connectivity index (χ3v) is 10.6. The van der Waals surface area contributed by atoms with Gasteiger partial charge in [-0.05, 0) is 59.0 Å². The summed E-state index contributed by atoms with van der Waals surface area (Å²) in [5, 5.41) is 6.55. The number of benzene rings is 8. The van der Waals surface area contributed by atoms with E-state index >= 15 is 0 Å². The average molecular weight is 690 g/mol. The standard InChI is InChI=1S/C50H31N3O/c1-4-15-32(16-5-1)35-27-28-44-39(29-35)37-22-10-12-24-43(37)53(44)45-25-14-21-36-30-40(48-38-23-11-13-26-46(38)54-49(48)47(36)45)50-51-41(33-17-6-2-7-18-33)31-42(52-50)34-19-8-3-9-20-34/h1-31H. The summed E-state index contributed by atoms with van der Waals surface area (Å²) in [5.41, 5.74) is 12.1. The molecule has 0 aliphatic heterocycles. The van der Waals surface area contributed by atoms with Crippen molar-refractivity contribution >= 4 is 54.5 Å². The molecular formula is C50H31N3O. The second kappa shape index (κ2) is 12.1. The van der Waals surface area contributed by atoms with Gasteiger partial charge in [0, 0.05) is 43.6 Å². The molecule has 0 unspecified atom stereocenters. The quantitative estimate of drug-likeness (QED) is 0.181. The molecule has 11 rings (SSSR count). The van der Waals surface area contributed by atoms with Crippen LogP contribution in [0.1, 0.15) is 0 Å². The van der Waals surface area contributed by atoms with E-state index in [2.05, 4.69) is 174 Å². The smallest absolute Gasteiger partial charge is 0.161 e. The summed E-state index contributed by atoms with van der Waals surface area (Å²) in [7, 11) is 0. The van der Waals surface area contributed by atoms with Crippen molar-refractivity contribution in [3.05, 3.63) is 188 Å². The van der Waals surface area contributed by atoms with E-state index in [9.17, 15) is 0 Å². The topological polar surface area (TPSA) is 43.9 Å². The van der Waals surface area contributed by atoms with E-state index < -0.39 is 0 Å². The van der Waals surface area contributed by atoms with Gasteiger partial charge in [0.05, 0.1) is 28.1 Å². The highest BCUT2D eigenvalue weighted by Gasteiger charge is 2.23. The molecule has 252 valence electrons. The molecule has 0 saturated carbocycles. The average Bonchev–Trinajstić information content (AvgIpc) is 3.80. The number of hydrogen-bond acceptors (Lipinski definition) is 3. The van der Waals surface area contributed by atoms with Crippen LogP contribution in [0.2, 0.25) is 0 Å². The fourth-order valence-corrected chi connectivity index (χ4v) is 8.13. The summed E-state index contributed by atoms with van der Waals surface area (Å²) < 4.78 is 9.33.